The zero-order valence-corrected chi connectivity index (χ0v) is 22.5. The lowest BCUT2D eigenvalue weighted by Crippen LogP contribution is -2.46. The molecule has 196 valence electrons. The van der Waals surface area contributed by atoms with Crippen molar-refractivity contribution in [2.24, 2.45) is 5.41 Å². The van der Waals surface area contributed by atoms with Crippen LogP contribution in [0.4, 0.5) is 5.69 Å². The van der Waals surface area contributed by atoms with E-state index in [0.717, 1.165) is 69.2 Å². The second-order valence-electron chi connectivity index (χ2n) is 11.5. The summed E-state index contributed by atoms with van der Waals surface area (Å²) in [7, 11) is 0. The minimum absolute atomic E-state index is 0.0929. The molecule has 0 saturated carbocycles. The molecule has 0 amide bonds. The van der Waals surface area contributed by atoms with E-state index in [1.54, 1.807) is 6.20 Å². The van der Waals surface area contributed by atoms with Crippen molar-refractivity contribution >= 4 is 16.7 Å². The zero-order chi connectivity index (χ0) is 25.8. The van der Waals surface area contributed by atoms with Gasteiger partial charge >= 0.3 is 0 Å². The summed E-state index contributed by atoms with van der Waals surface area (Å²) in [4.78, 5) is 16.2. The first-order chi connectivity index (χ1) is 17.9. The van der Waals surface area contributed by atoms with Gasteiger partial charge in [-0.2, -0.15) is 5.26 Å². The molecule has 0 N–H and O–H groups in total. The first-order valence-corrected chi connectivity index (χ1v) is 13.6. The van der Waals surface area contributed by atoms with Crippen LogP contribution in [0.2, 0.25) is 0 Å². The van der Waals surface area contributed by atoms with E-state index in [1.165, 1.54) is 37.3 Å². The fraction of sp³-hybridized carbons (Fsp3) is 0.552. The monoisotopic (exact) mass is 501 g/mol. The smallest absolute Gasteiger partial charge is 0.234 e. The highest BCUT2D eigenvalue weighted by molar-refractivity contribution is 5.77. The minimum atomic E-state index is 0.0929. The number of anilines is 1. The maximum Gasteiger partial charge on any atom is 0.234 e. The lowest BCUT2D eigenvalue weighted by Gasteiger charge is -2.37. The summed E-state index contributed by atoms with van der Waals surface area (Å²) in [5, 5.41) is 10.3. The number of likely N-dealkylation sites (tertiary alicyclic amines) is 1. The van der Waals surface area contributed by atoms with Crippen LogP contribution in [0.3, 0.4) is 0 Å². The molecule has 37 heavy (non-hydrogen) atoms. The second kappa shape index (κ2) is 11.1. The van der Waals surface area contributed by atoms with Gasteiger partial charge in [-0.25, -0.2) is 9.97 Å². The molecule has 2 aliphatic heterocycles. The van der Waals surface area contributed by atoms with Crippen LogP contribution in [0.5, 0.6) is 5.75 Å². The van der Waals surface area contributed by atoms with Crippen molar-refractivity contribution in [2.75, 3.05) is 57.3 Å². The van der Waals surface area contributed by atoms with Gasteiger partial charge in [0.15, 0.2) is 0 Å². The van der Waals surface area contributed by atoms with Crippen LogP contribution < -0.4 is 9.64 Å². The molecule has 2 saturated heterocycles. The Hall–Kier alpha value is -3.15. The molecule has 0 aliphatic carbocycles. The molecule has 0 atom stereocenters. The summed E-state index contributed by atoms with van der Waals surface area (Å²) < 4.78 is 8.54. The van der Waals surface area contributed by atoms with Crippen molar-refractivity contribution in [3.05, 3.63) is 48.0 Å². The quantitative estimate of drug-likeness (QED) is 0.459. The van der Waals surface area contributed by atoms with Gasteiger partial charge < -0.3 is 14.2 Å². The molecule has 8 heteroatoms. The molecular formula is C29H39N7O. The number of para-hydroxylation sites is 2. The predicted octanol–water partition coefficient (Wildman–Crippen LogP) is 4.15. The molecule has 3 aromatic rings. The van der Waals surface area contributed by atoms with E-state index in [0.29, 0.717) is 0 Å². The van der Waals surface area contributed by atoms with E-state index in [1.807, 2.05) is 0 Å². The Labute approximate surface area is 220 Å². The van der Waals surface area contributed by atoms with E-state index in [9.17, 15) is 5.26 Å². The number of nitrogens with zero attached hydrogens (tertiary/aromatic N) is 7. The number of nitriles is 1. The first kappa shape index (κ1) is 25.5. The van der Waals surface area contributed by atoms with Gasteiger partial charge in [0, 0.05) is 63.1 Å². The molecule has 2 fully saturated rings. The normalized spacial score (nSPS) is 17.4. The fourth-order valence-corrected chi connectivity index (χ4v) is 5.44. The number of hydrogen-bond donors (Lipinski definition) is 0. The van der Waals surface area contributed by atoms with Gasteiger partial charge in [-0.3, -0.25) is 9.80 Å². The summed E-state index contributed by atoms with van der Waals surface area (Å²) in [6.45, 7) is 16.4. The number of piperazine rings is 1. The van der Waals surface area contributed by atoms with Crippen LogP contribution in [0, 0.1) is 16.7 Å². The molecule has 2 aromatic heterocycles. The minimum Gasteiger partial charge on any atom is -0.490 e. The largest absolute Gasteiger partial charge is 0.490 e. The Morgan fingerprint density at radius 2 is 1.76 bits per heavy atom. The molecule has 1 aromatic carbocycles. The Kier molecular flexibility index (Phi) is 7.63. The second-order valence-corrected chi connectivity index (χ2v) is 11.5. The Bertz CT molecular complexity index is 1240. The maximum absolute atomic E-state index is 9.32. The molecule has 2 aliphatic rings. The maximum atomic E-state index is 9.32. The molecule has 0 spiro atoms. The third-order valence-corrected chi connectivity index (χ3v) is 7.28. The van der Waals surface area contributed by atoms with Gasteiger partial charge in [0.2, 0.25) is 5.82 Å². The molecule has 0 unspecified atom stereocenters. The highest BCUT2D eigenvalue weighted by Gasteiger charge is 2.23. The van der Waals surface area contributed by atoms with Gasteiger partial charge in [0.1, 0.15) is 24.1 Å². The SMILES string of the molecule is CC(C)(C)Cn1c(CN2CCN(c3ccccc3OCCN3CCCC3)CC2)cc2cnc(C#N)nc21. The van der Waals surface area contributed by atoms with Crippen molar-refractivity contribution in [1.29, 1.82) is 5.26 Å². The third kappa shape index (κ3) is 6.23. The van der Waals surface area contributed by atoms with Gasteiger partial charge in [-0.15, -0.1) is 0 Å². The standard InChI is InChI=1S/C29H39N7O/c1-29(2,3)22-36-24(18-23-20-31-27(19-30)32-28(23)36)21-34-12-14-35(15-13-34)25-8-4-5-9-26(25)37-17-16-33-10-6-7-11-33/h4-5,8-9,18,20H,6-7,10-17,21-22H2,1-3H3. The average molecular weight is 502 g/mol. The summed E-state index contributed by atoms with van der Waals surface area (Å²) in [6.07, 6.45) is 4.40. The fourth-order valence-electron chi connectivity index (χ4n) is 5.44. The van der Waals surface area contributed by atoms with Crippen molar-refractivity contribution < 1.29 is 4.74 Å². The highest BCUT2D eigenvalue weighted by Crippen LogP contribution is 2.30. The summed E-state index contributed by atoms with van der Waals surface area (Å²) >= 11 is 0. The van der Waals surface area contributed by atoms with Gasteiger partial charge in [-0.05, 0) is 49.5 Å². The number of aromatic nitrogens is 3. The molecular weight excluding hydrogens is 462 g/mol. The lowest BCUT2D eigenvalue weighted by molar-refractivity contribution is 0.231. The van der Waals surface area contributed by atoms with Crippen molar-refractivity contribution in [2.45, 2.75) is 46.7 Å². The number of rotatable bonds is 8. The molecule has 4 heterocycles. The summed E-state index contributed by atoms with van der Waals surface area (Å²) in [5.41, 5.74) is 3.38. The van der Waals surface area contributed by atoms with Crippen molar-refractivity contribution in [3.8, 4) is 11.8 Å². The van der Waals surface area contributed by atoms with Crippen LogP contribution in [-0.4, -0.2) is 76.8 Å². The van der Waals surface area contributed by atoms with Crippen LogP contribution >= 0.6 is 0 Å². The number of ether oxygens (including phenoxy) is 1. The molecule has 5 rings (SSSR count). The Balaban J connectivity index is 1.24. The zero-order valence-electron chi connectivity index (χ0n) is 22.5. The molecule has 8 nitrogen and oxygen atoms in total. The first-order valence-electron chi connectivity index (χ1n) is 13.6. The number of benzene rings is 1. The average Bonchev–Trinajstić information content (AvgIpc) is 3.52. The molecule has 0 radical (unpaired) electrons. The topological polar surface area (TPSA) is 73.5 Å². The Morgan fingerprint density at radius 1 is 1.00 bits per heavy atom. The van der Waals surface area contributed by atoms with Gasteiger partial charge in [0.25, 0.3) is 0 Å². The molecule has 0 bridgehead atoms. The van der Waals surface area contributed by atoms with Gasteiger partial charge in [-0.1, -0.05) is 32.9 Å². The van der Waals surface area contributed by atoms with E-state index < -0.39 is 0 Å². The van der Waals surface area contributed by atoms with Crippen LogP contribution in [0.25, 0.3) is 11.0 Å². The van der Waals surface area contributed by atoms with Crippen LogP contribution in [0.15, 0.2) is 36.5 Å². The Morgan fingerprint density at radius 3 is 2.49 bits per heavy atom. The summed E-state index contributed by atoms with van der Waals surface area (Å²) in [5.74, 6) is 1.22. The van der Waals surface area contributed by atoms with Crippen molar-refractivity contribution in [3.63, 3.8) is 0 Å². The van der Waals surface area contributed by atoms with E-state index in [4.69, 9.17) is 4.74 Å². The van der Waals surface area contributed by atoms with Crippen LogP contribution in [-0.2, 0) is 13.1 Å². The lowest BCUT2D eigenvalue weighted by atomic mass is 9.97. The van der Waals surface area contributed by atoms with E-state index >= 15 is 0 Å². The highest BCUT2D eigenvalue weighted by atomic mass is 16.5. The predicted molar refractivity (Wildman–Crippen MR) is 147 cm³/mol. The third-order valence-electron chi connectivity index (χ3n) is 7.28. The van der Waals surface area contributed by atoms with Crippen molar-refractivity contribution in [1.82, 2.24) is 24.3 Å². The number of hydrogen-bond acceptors (Lipinski definition) is 7. The van der Waals surface area contributed by atoms with Crippen LogP contribution in [0.1, 0.15) is 45.1 Å². The van der Waals surface area contributed by atoms with E-state index in [-0.39, 0.29) is 11.2 Å². The van der Waals surface area contributed by atoms with Gasteiger partial charge in [0.05, 0.1) is 5.69 Å². The number of fused-ring (bicyclic) bond motifs is 1. The summed E-state index contributed by atoms with van der Waals surface area (Å²) in [6, 6.07) is 12.7. The van der Waals surface area contributed by atoms with E-state index in [2.05, 4.69) is 86.4 Å².